The van der Waals surface area contributed by atoms with E-state index in [0.29, 0.717) is 17.8 Å². The van der Waals surface area contributed by atoms with E-state index in [1.807, 2.05) is 18.2 Å². The van der Waals surface area contributed by atoms with Crippen molar-refractivity contribution in [3.05, 3.63) is 35.4 Å². The van der Waals surface area contributed by atoms with E-state index in [1.165, 1.54) is 24.8 Å². The Morgan fingerprint density at radius 1 is 1.21 bits per heavy atom. The number of rotatable bonds is 9. The molecule has 0 saturated heterocycles. The van der Waals surface area contributed by atoms with Crippen LogP contribution in [0.3, 0.4) is 0 Å². The highest BCUT2D eigenvalue weighted by atomic mass is 32.3. The summed E-state index contributed by atoms with van der Waals surface area (Å²) in [5.74, 6) is 0.351. The van der Waals surface area contributed by atoms with Crippen molar-refractivity contribution in [2.45, 2.75) is 44.8 Å². The van der Waals surface area contributed by atoms with Gasteiger partial charge in [0.05, 0.1) is 0 Å². The first-order chi connectivity index (χ1) is 9.01. The molecule has 0 saturated carbocycles. The van der Waals surface area contributed by atoms with Gasteiger partial charge >= 0.3 is 0 Å². The molecule has 0 aliphatic carbocycles. The van der Waals surface area contributed by atoms with E-state index in [9.17, 15) is 13.0 Å². The van der Waals surface area contributed by atoms with Crippen LogP contribution in [0.2, 0.25) is 0 Å². The summed E-state index contributed by atoms with van der Waals surface area (Å²) in [5, 5.41) is 0. The Morgan fingerprint density at radius 3 is 2.63 bits per heavy atom. The van der Waals surface area contributed by atoms with Crippen LogP contribution in [0.25, 0.3) is 0 Å². The van der Waals surface area contributed by atoms with Crippen LogP contribution in [0.1, 0.15) is 43.7 Å². The topological polar surface area (TPSA) is 66.4 Å². The van der Waals surface area contributed by atoms with Gasteiger partial charge in [0.15, 0.2) is 0 Å². The minimum absolute atomic E-state index is 0.351. The largest absolute Gasteiger partial charge is 0.725 e. The lowest BCUT2D eigenvalue weighted by atomic mass is 10.0. The third-order valence-corrected chi connectivity index (χ3v) is 4.17. The van der Waals surface area contributed by atoms with Crippen LogP contribution in [0.5, 0.6) is 0 Å². The lowest BCUT2D eigenvalue weighted by Gasteiger charge is -2.07. The Labute approximate surface area is 119 Å². The van der Waals surface area contributed by atoms with Crippen molar-refractivity contribution in [3.8, 4) is 0 Å². The quantitative estimate of drug-likeness (QED) is 0.302. The standard InChI is InChI=1S/C13H20O4S2/c1-2-3-4-5-7-12-8-6-9-13(10-12)11-18-17-19(14,15)16/h6,8-10H,2-5,7,11H2,1H3,(H,14,15,16)/p-1. The predicted octanol–water partition coefficient (Wildman–Crippen LogP) is 3.43. The van der Waals surface area contributed by atoms with Gasteiger partial charge in [-0.25, -0.2) is 12.0 Å². The zero-order valence-corrected chi connectivity index (χ0v) is 12.6. The molecule has 108 valence electrons. The molecule has 0 heterocycles. The summed E-state index contributed by atoms with van der Waals surface area (Å²) in [6.07, 6.45) is 5.89. The monoisotopic (exact) mass is 303 g/mol. The number of aryl methyl sites for hydroxylation is 1. The highest BCUT2D eigenvalue weighted by Crippen LogP contribution is 2.17. The van der Waals surface area contributed by atoms with Crippen LogP contribution in [0.4, 0.5) is 0 Å². The molecule has 0 unspecified atom stereocenters. The van der Waals surface area contributed by atoms with Gasteiger partial charge in [0.2, 0.25) is 10.4 Å². The average Bonchev–Trinajstić information content (AvgIpc) is 2.34. The lowest BCUT2D eigenvalue weighted by Crippen LogP contribution is -1.98. The van der Waals surface area contributed by atoms with Crippen LogP contribution in [0.15, 0.2) is 24.3 Å². The molecule has 0 spiro atoms. The zero-order valence-electron chi connectivity index (χ0n) is 11.0. The fraction of sp³-hybridized carbons (Fsp3) is 0.538. The zero-order chi connectivity index (χ0) is 14.1. The molecule has 1 aromatic carbocycles. The number of hydrogen-bond donors (Lipinski definition) is 0. The summed E-state index contributed by atoms with van der Waals surface area (Å²) >= 11 is 0.653. The van der Waals surface area contributed by atoms with Gasteiger partial charge in [0.1, 0.15) is 0 Å². The van der Waals surface area contributed by atoms with E-state index in [2.05, 4.69) is 16.6 Å². The summed E-state index contributed by atoms with van der Waals surface area (Å²) < 4.78 is 35.0. The van der Waals surface area contributed by atoms with Crippen LogP contribution < -0.4 is 0 Å². The Hall–Kier alpha value is -0.560. The van der Waals surface area contributed by atoms with E-state index in [1.54, 1.807) is 0 Å². The van der Waals surface area contributed by atoms with Crippen molar-refractivity contribution in [1.29, 1.82) is 0 Å². The first kappa shape index (κ1) is 16.5. The van der Waals surface area contributed by atoms with Crippen molar-refractivity contribution in [3.63, 3.8) is 0 Å². The molecule has 0 fully saturated rings. The Kier molecular flexibility index (Phi) is 7.45. The van der Waals surface area contributed by atoms with Gasteiger partial charge in [-0.1, -0.05) is 50.5 Å². The first-order valence-electron chi connectivity index (χ1n) is 6.36. The van der Waals surface area contributed by atoms with E-state index in [0.717, 1.165) is 18.4 Å². The minimum Gasteiger partial charge on any atom is -0.725 e. The molecule has 4 nitrogen and oxygen atoms in total. The molecule has 0 aromatic heterocycles. The molecular weight excluding hydrogens is 284 g/mol. The Bertz CT molecular complexity index is 471. The molecular formula is C13H19O4S2-. The molecule has 0 aliphatic heterocycles. The molecule has 0 N–H and O–H groups in total. The molecule has 0 aliphatic rings. The van der Waals surface area contributed by atoms with Crippen molar-refractivity contribution in [2.24, 2.45) is 0 Å². The second-order valence-corrected chi connectivity index (χ2v) is 6.25. The van der Waals surface area contributed by atoms with Crippen LogP contribution in [-0.2, 0) is 26.2 Å². The molecule has 0 radical (unpaired) electrons. The maximum atomic E-state index is 10.3. The normalized spacial score (nSPS) is 11.7. The average molecular weight is 303 g/mol. The SMILES string of the molecule is CCCCCCc1cccc(CSOS(=O)(=O)[O-])c1. The predicted molar refractivity (Wildman–Crippen MR) is 76.4 cm³/mol. The molecule has 6 heteroatoms. The number of benzene rings is 1. The van der Waals surface area contributed by atoms with Crippen LogP contribution >= 0.6 is 12.0 Å². The van der Waals surface area contributed by atoms with Gasteiger partial charge < -0.3 is 4.55 Å². The van der Waals surface area contributed by atoms with Crippen LogP contribution in [0, 0.1) is 0 Å². The summed E-state index contributed by atoms with van der Waals surface area (Å²) in [6, 6.07) is 7.92. The second-order valence-electron chi connectivity index (χ2n) is 4.37. The number of hydrogen-bond acceptors (Lipinski definition) is 5. The van der Waals surface area contributed by atoms with E-state index in [4.69, 9.17) is 0 Å². The van der Waals surface area contributed by atoms with Gasteiger partial charge in [-0.15, -0.1) is 0 Å². The third-order valence-electron chi connectivity index (χ3n) is 2.67. The second kappa shape index (κ2) is 8.58. The van der Waals surface area contributed by atoms with Crippen molar-refractivity contribution >= 4 is 22.4 Å². The summed E-state index contributed by atoms with van der Waals surface area (Å²) in [5.41, 5.74) is 2.20. The Balaban J connectivity index is 2.39. The van der Waals surface area contributed by atoms with Gasteiger partial charge in [0, 0.05) is 17.8 Å². The minimum atomic E-state index is -4.61. The fourth-order valence-corrected chi connectivity index (χ4v) is 2.76. The van der Waals surface area contributed by atoms with E-state index in [-0.39, 0.29) is 0 Å². The maximum Gasteiger partial charge on any atom is 0.228 e. The fourth-order valence-electron chi connectivity index (χ4n) is 1.78. The smallest absolute Gasteiger partial charge is 0.228 e. The molecule has 1 aromatic rings. The van der Waals surface area contributed by atoms with Gasteiger partial charge in [0.25, 0.3) is 0 Å². The van der Waals surface area contributed by atoms with Crippen molar-refractivity contribution in [2.75, 3.05) is 0 Å². The van der Waals surface area contributed by atoms with Crippen molar-refractivity contribution in [1.82, 2.24) is 0 Å². The third kappa shape index (κ3) is 8.26. The highest BCUT2D eigenvalue weighted by molar-refractivity contribution is 8.02. The molecule has 19 heavy (non-hydrogen) atoms. The maximum absolute atomic E-state index is 10.3. The number of unbranched alkanes of at least 4 members (excludes halogenated alkanes) is 3. The summed E-state index contributed by atoms with van der Waals surface area (Å²) in [4.78, 5) is 0. The molecule has 1 rings (SSSR count). The summed E-state index contributed by atoms with van der Waals surface area (Å²) in [6.45, 7) is 2.18. The van der Waals surface area contributed by atoms with Crippen molar-refractivity contribution < 1.29 is 16.6 Å². The van der Waals surface area contributed by atoms with Gasteiger partial charge in [-0.3, -0.25) is 0 Å². The Morgan fingerprint density at radius 2 is 1.95 bits per heavy atom. The van der Waals surface area contributed by atoms with Crippen LogP contribution in [-0.4, -0.2) is 13.0 Å². The summed E-state index contributed by atoms with van der Waals surface area (Å²) in [7, 11) is -4.61. The molecule has 0 amide bonds. The highest BCUT2D eigenvalue weighted by Gasteiger charge is 2.00. The molecule has 0 bridgehead atoms. The van der Waals surface area contributed by atoms with E-state index >= 15 is 0 Å². The van der Waals surface area contributed by atoms with Gasteiger partial charge in [-0.05, 0) is 24.0 Å². The molecule has 0 atom stereocenters. The van der Waals surface area contributed by atoms with Gasteiger partial charge in [-0.2, -0.15) is 0 Å². The lowest BCUT2D eigenvalue weighted by molar-refractivity contribution is 0.391. The first-order valence-corrected chi connectivity index (χ1v) is 8.60. The van der Waals surface area contributed by atoms with E-state index < -0.39 is 10.4 Å².